The fourth-order valence-corrected chi connectivity index (χ4v) is 4.11. The number of hydrogen-bond donors (Lipinski definition) is 2. The predicted molar refractivity (Wildman–Crippen MR) is 127 cm³/mol. The smallest absolute Gasteiger partial charge is 0.232 e. The van der Waals surface area contributed by atoms with Crippen molar-refractivity contribution in [1.82, 2.24) is 24.9 Å². The van der Waals surface area contributed by atoms with Crippen molar-refractivity contribution in [1.29, 1.82) is 0 Å². The summed E-state index contributed by atoms with van der Waals surface area (Å²) in [6, 6.07) is 19.0. The van der Waals surface area contributed by atoms with Crippen LogP contribution in [0.15, 0.2) is 76.4 Å². The van der Waals surface area contributed by atoms with Gasteiger partial charge in [-0.25, -0.2) is 9.97 Å². The van der Waals surface area contributed by atoms with Gasteiger partial charge < -0.3 is 20.2 Å². The van der Waals surface area contributed by atoms with Crippen LogP contribution in [-0.2, 0) is 5.75 Å². The van der Waals surface area contributed by atoms with Crippen LogP contribution in [0.1, 0.15) is 5.82 Å². The van der Waals surface area contributed by atoms with E-state index >= 15 is 0 Å². The highest BCUT2D eigenvalue weighted by Gasteiger charge is 2.14. The lowest BCUT2D eigenvalue weighted by molar-refractivity contribution is 0.417. The molecule has 2 aromatic carbocycles. The molecule has 0 unspecified atom stereocenters. The molecule has 0 atom stereocenters. The summed E-state index contributed by atoms with van der Waals surface area (Å²) >= 11 is 1.49. The van der Waals surface area contributed by atoms with E-state index in [0.717, 1.165) is 21.6 Å². The Morgan fingerprint density at radius 1 is 0.939 bits per heavy atom. The van der Waals surface area contributed by atoms with E-state index in [9.17, 15) is 0 Å². The van der Waals surface area contributed by atoms with Gasteiger partial charge in [-0.3, -0.25) is 0 Å². The normalized spacial score (nSPS) is 10.9. The summed E-state index contributed by atoms with van der Waals surface area (Å²) in [6.07, 6.45) is 1.60. The van der Waals surface area contributed by atoms with E-state index in [2.05, 4.69) is 25.3 Å². The van der Waals surface area contributed by atoms with Crippen molar-refractivity contribution in [2.45, 2.75) is 10.8 Å². The molecular weight excluding hydrogens is 438 g/mol. The van der Waals surface area contributed by atoms with Crippen molar-refractivity contribution in [3.05, 3.63) is 72.8 Å². The third kappa shape index (κ3) is 4.55. The van der Waals surface area contributed by atoms with Crippen LogP contribution in [0.25, 0.3) is 22.5 Å². The Kier molecular flexibility index (Phi) is 5.73. The average Bonchev–Trinajstić information content (AvgIpc) is 3.37. The quantitative estimate of drug-likeness (QED) is 0.262. The summed E-state index contributed by atoms with van der Waals surface area (Å²) in [4.78, 5) is 22.3. The average molecular weight is 458 g/mol. The number of anilines is 3. The van der Waals surface area contributed by atoms with Gasteiger partial charge in [0, 0.05) is 5.39 Å². The lowest BCUT2D eigenvalue weighted by Crippen LogP contribution is -2.07. The molecular formula is C23H19N7O2S. The fourth-order valence-electron chi connectivity index (χ4n) is 3.23. The van der Waals surface area contributed by atoms with Crippen LogP contribution in [0.3, 0.4) is 0 Å². The number of nitrogens with one attached hydrogen (secondary N) is 1. The molecule has 5 aromatic rings. The summed E-state index contributed by atoms with van der Waals surface area (Å²) in [5.74, 6) is 3.22. The zero-order chi connectivity index (χ0) is 22.6. The van der Waals surface area contributed by atoms with Gasteiger partial charge in [0.05, 0.1) is 30.3 Å². The zero-order valence-corrected chi connectivity index (χ0v) is 18.4. The molecule has 10 heteroatoms. The monoisotopic (exact) mass is 457 g/mol. The van der Waals surface area contributed by atoms with Gasteiger partial charge >= 0.3 is 0 Å². The van der Waals surface area contributed by atoms with Gasteiger partial charge in [-0.1, -0.05) is 42.1 Å². The lowest BCUT2D eigenvalue weighted by Gasteiger charge is -2.11. The van der Waals surface area contributed by atoms with Crippen LogP contribution >= 0.6 is 11.8 Å². The van der Waals surface area contributed by atoms with E-state index < -0.39 is 0 Å². The van der Waals surface area contributed by atoms with E-state index in [0.29, 0.717) is 34.9 Å². The lowest BCUT2D eigenvalue weighted by atomic mass is 10.2. The van der Waals surface area contributed by atoms with E-state index in [1.165, 1.54) is 11.8 Å². The Hall–Kier alpha value is -4.18. The highest BCUT2D eigenvalue weighted by Crippen LogP contribution is 2.31. The Labute approximate surface area is 193 Å². The molecule has 0 amide bonds. The third-order valence-electron chi connectivity index (χ3n) is 4.70. The highest BCUT2D eigenvalue weighted by molar-refractivity contribution is 7.98. The number of methoxy groups -OCH3 is 1. The first-order valence-corrected chi connectivity index (χ1v) is 11.0. The second kappa shape index (κ2) is 9.13. The Morgan fingerprint density at radius 3 is 2.64 bits per heavy atom. The van der Waals surface area contributed by atoms with Crippen LogP contribution in [0, 0.1) is 0 Å². The Bertz CT molecular complexity index is 1410. The van der Waals surface area contributed by atoms with Crippen molar-refractivity contribution < 1.29 is 9.15 Å². The number of ether oxygens (including phenoxy) is 1. The number of nitrogens with zero attached hydrogens (tertiary/aromatic N) is 5. The largest absolute Gasteiger partial charge is 0.495 e. The number of nitrogens with two attached hydrogens (primary N) is 1. The minimum Gasteiger partial charge on any atom is -0.495 e. The molecule has 0 aliphatic rings. The van der Waals surface area contributed by atoms with Gasteiger partial charge in [-0.2, -0.15) is 15.0 Å². The minimum absolute atomic E-state index is 0.127. The van der Waals surface area contributed by atoms with Crippen molar-refractivity contribution in [2.24, 2.45) is 0 Å². The molecule has 0 saturated heterocycles. The molecule has 3 aromatic heterocycles. The van der Waals surface area contributed by atoms with Crippen LogP contribution in [-0.4, -0.2) is 32.0 Å². The molecule has 0 aliphatic heterocycles. The second-order valence-electron chi connectivity index (χ2n) is 6.89. The fraction of sp³-hybridized carbons (Fsp3) is 0.0870. The molecule has 0 saturated carbocycles. The number of fused-ring (bicyclic) bond motifs is 1. The van der Waals surface area contributed by atoms with Crippen molar-refractivity contribution in [2.75, 3.05) is 18.2 Å². The summed E-state index contributed by atoms with van der Waals surface area (Å²) < 4.78 is 10.9. The molecule has 9 nitrogen and oxygen atoms in total. The summed E-state index contributed by atoms with van der Waals surface area (Å²) in [5.41, 5.74) is 7.51. The maximum atomic E-state index is 5.95. The molecule has 0 bridgehead atoms. The van der Waals surface area contributed by atoms with Gasteiger partial charge in [-0.15, -0.1) is 0 Å². The zero-order valence-electron chi connectivity index (χ0n) is 17.6. The first kappa shape index (κ1) is 20.7. The van der Waals surface area contributed by atoms with Gasteiger partial charge in [0.15, 0.2) is 11.6 Å². The second-order valence-corrected chi connectivity index (χ2v) is 7.86. The van der Waals surface area contributed by atoms with Gasteiger partial charge in [0.25, 0.3) is 0 Å². The molecule has 164 valence electrons. The number of furan rings is 1. The topological polar surface area (TPSA) is 125 Å². The van der Waals surface area contributed by atoms with E-state index in [-0.39, 0.29) is 5.95 Å². The maximum Gasteiger partial charge on any atom is 0.232 e. The van der Waals surface area contributed by atoms with Crippen LogP contribution < -0.4 is 15.8 Å². The van der Waals surface area contributed by atoms with Crippen LogP contribution in [0.5, 0.6) is 5.75 Å². The number of rotatable bonds is 7. The first-order valence-electron chi connectivity index (χ1n) is 10.0. The number of para-hydroxylation sites is 3. The molecule has 0 aliphatic carbocycles. The SMILES string of the molecule is COc1ccccc1Nc1nc(N)nc(CSc2nc(-c3ccco3)nc3ccccc23)n1. The van der Waals surface area contributed by atoms with E-state index in [1.54, 1.807) is 13.4 Å². The summed E-state index contributed by atoms with van der Waals surface area (Å²) in [6.45, 7) is 0. The predicted octanol–water partition coefficient (Wildman–Crippen LogP) is 4.70. The van der Waals surface area contributed by atoms with Gasteiger partial charge in [-0.05, 0) is 30.3 Å². The first-order chi connectivity index (χ1) is 16.2. The molecule has 3 N–H and O–H groups in total. The van der Waals surface area contributed by atoms with Gasteiger partial charge in [0.2, 0.25) is 11.9 Å². The highest BCUT2D eigenvalue weighted by atomic mass is 32.2. The van der Waals surface area contributed by atoms with Crippen LogP contribution in [0.4, 0.5) is 17.6 Å². The molecule has 3 heterocycles. The maximum absolute atomic E-state index is 5.95. The van der Waals surface area contributed by atoms with E-state index in [4.69, 9.17) is 19.9 Å². The van der Waals surface area contributed by atoms with Crippen molar-refractivity contribution in [3.8, 4) is 17.3 Å². The number of nitrogen functional groups attached to an aromatic ring is 1. The standard InChI is InChI=1S/C23H19N7O2S/c1-31-17-10-5-4-9-16(17)26-23-28-19(27-22(24)30-23)13-33-21-14-7-2-3-8-15(14)25-20(29-21)18-11-6-12-32-18/h2-12H,13H2,1H3,(H3,24,26,27,28,30). The molecule has 0 radical (unpaired) electrons. The number of aromatic nitrogens is 5. The number of thioether (sulfide) groups is 1. The summed E-state index contributed by atoms with van der Waals surface area (Å²) in [5, 5.41) is 4.88. The minimum atomic E-state index is 0.127. The van der Waals surface area contributed by atoms with Crippen molar-refractivity contribution in [3.63, 3.8) is 0 Å². The molecule has 0 spiro atoms. The molecule has 0 fully saturated rings. The summed E-state index contributed by atoms with van der Waals surface area (Å²) in [7, 11) is 1.60. The van der Waals surface area contributed by atoms with Gasteiger partial charge in [0.1, 0.15) is 16.6 Å². The Morgan fingerprint density at radius 2 is 1.79 bits per heavy atom. The van der Waals surface area contributed by atoms with Crippen LogP contribution in [0.2, 0.25) is 0 Å². The molecule has 33 heavy (non-hydrogen) atoms. The third-order valence-corrected chi connectivity index (χ3v) is 5.69. The Balaban J connectivity index is 1.43. The van der Waals surface area contributed by atoms with E-state index in [1.807, 2.05) is 60.7 Å². The molecule has 5 rings (SSSR count). The number of benzene rings is 2. The van der Waals surface area contributed by atoms with Crippen molar-refractivity contribution >= 4 is 40.2 Å². The number of hydrogen-bond acceptors (Lipinski definition) is 10.